The molecule has 0 saturated carbocycles. The van der Waals surface area contributed by atoms with Crippen molar-refractivity contribution in [3.8, 4) is 5.75 Å². The van der Waals surface area contributed by atoms with Crippen molar-refractivity contribution in [2.24, 2.45) is 5.10 Å². The average molecular weight is 409 g/mol. The molecule has 1 amide bonds. The van der Waals surface area contributed by atoms with Crippen molar-refractivity contribution >= 4 is 39.4 Å². The van der Waals surface area contributed by atoms with Crippen LogP contribution in [0.1, 0.15) is 15.9 Å². The van der Waals surface area contributed by atoms with E-state index in [0.717, 1.165) is 12.3 Å². The minimum absolute atomic E-state index is 0.0186. The molecule has 0 radical (unpaired) electrons. The number of benzene rings is 2. The second-order valence-electron chi connectivity index (χ2n) is 4.62. The molecule has 0 fully saturated rings. The first-order valence-corrected chi connectivity index (χ1v) is 7.33. The number of nitro groups is 2. The molecule has 0 aliphatic heterocycles. The van der Waals surface area contributed by atoms with Crippen molar-refractivity contribution in [1.29, 1.82) is 0 Å². The Morgan fingerprint density at radius 1 is 1.16 bits per heavy atom. The fraction of sp³-hybridized carbons (Fsp3) is 0. The first-order valence-electron chi connectivity index (χ1n) is 6.54. The molecular formula is C14H9BrN4O6. The van der Waals surface area contributed by atoms with Gasteiger partial charge in [-0.2, -0.15) is 5.10 Å². The lowest BCUT2D eigenvalue weighted by molar-refractivity contribution is -0.386. The molecule has 2 rings (SSSR count). The standard InChI is InChI=1S/C14H9BrN4O6/c15-10-5-9(13(20)12(6-10)19(24)25)7-16-17-14(21)8-1-3-11(4-2-8)18(22)23/h1-7,20H,(H,17,21)/b16-7+. The van der Waals surface area contributed by atoms with Gasteiger partial charge in [-0.25, -0.2) is 5.43 Å². The van der Waals surface area contributed by atoms with Crippen molar-refractivity contribution in [1.82, 2.24) is 5.43 Å². The molecule has 0 saturated heterocycles. The molecule has 11 heteroatoms. The predicted molar refractivity (Wildman–Crippen MR) is 90.6 cm³/mol. The van der Waals surface area contributed by atoms with E-state index >= 15 is 0 Å². The third kappa shape index (κ3) is 4.35. The van der Waals surface area contributed by atoms with Crippen LogP contribution in [0.4, 0.5) is 11.4 Å². The van der Waals surface area contributed by atoms with Gasteiger partial charge in [0.2, 0.25) is 5.75 Å². The van der Waals surface area contributed by atoms with Gasteiger partial charge in [0.1, 0.15) is 0 Å². The Labute approximate surface area is 148 Å². The summed E-state index contributed by atoms with van der Waals surface area (Å²) in [6.45, 7) is 0. The van der Waals surface area contributed by atoms with E-state index in [4.69, 9.17) is 0 Å². The molecule has 25 heavy (non-hydrogen) atoms. The number of amides is 1. The molecule has 0 aliphatic carbocycles. The number of phenols is 1. The molecule has 2 aromatic rings. The Hall–Kier alpha value is -3.34. The fourth-order valence-corrected chi connectivity index (χ4v) is 2.27. The monoisotopic (exact) mass is 408 g/mol. The maximum Gasteiger partial charge on any atom is 0.312 e. The topological polar surface area (TPSA) is 148 Å². The van der Waals surface area contributed by atoms with Crippen molar-refractivity contribution < 1.29 is 19.7 Å². The van der Waals surface area contributed by atoms with Gasteiger partial charge in [0.25, 0.3) is 11.6 Å². The SMILES string of the molecule is O=C(N/N=C/c1cc(Br)cc([N+](=O)[O-])c1O)c1ccc([N+](=O)[O-])cc1. The first kappa shape index (κ1) is 18.0. The van der Waals surface area contributed by atoms with Crippen LogP contribution in [0.5, 0.6) is 5.75 Å². The molecule has 0 unspecified atom stereocenters. The largest absolute Gasteiger partial charge is 0.502 e. The first-order chi connectivity index (χ1) is 11.8. The number of rotatable bonds is 5. The average Bonchev–Trinajstić information content (AvgIpc) is 2.57. The number of hydrazone groups is 1. The smallest absolute Gasteiger partial charge is 0.312 e. The third-order valence-corrected chi connectivity index (χ3v) is 3.45. The van der Waals surface area contributed by atoms with Crippen LogP contribution in [0.2, 0.25) is 0 Å². The lowest BCUT2D eigenvalue weighted by atomic mass is 10.2. The molecular weight excluding hydrogens is 400 g/mol. The van der Waals surface area contributed by atoms with E-state index in [9.17, 15) is 30.1 Å². The van der Waals surface area contributed by atoms with Crippen LogP contribution < -0.4 is 5.43 Å². The maximum absolute atomic E-state index is 11.9. The van der Waals surface area contributed by atoms with Crippen LogP contribution in [0.3, 0.4) is 0 Å². The van der Waals surface area contributed by atoms with Gasteiger partial charge in [-0.3, -0.25) is 25.0 Å². The number of carbonyl (C=O) groups excluding carboxylic acids is 1. The zero-order valence-corrected chi connectivity index (χ0v) is 13.8. The highest BCUT2D eigenvalue weighted by molar-refractivity contribution is 9.10. The molecule has 0 heterocycles. The summed E-state index contributed by atoms with van der Waals surface area (Å²) in [5.41, 5.74) is 1.63. The molecule has 2 aromatic carbocycles. The maximum atomic E-state index is 11.9. The molecule has 2 N–H and O–H groups in total. The number of phenolic OH excluding ortho intramolecular Hbond substituents is 1. The Bertz CT molecular complexity index is 882. The Morgan fingerprint density at radius 3 is 2.36 bits per heavy atom. The molecule has 10 nitrogen and oxygen atoms in total. The summed E-state index contributed by atoms with van der Waals surface area (Å²) in [6, 6.07) is 7.35. The van der Waals surface area contributed by atoms with Crippen molar-refractivity contribution in [3.05, 3.63) is 72.2 Å². The van der Waals surface area contributed by atoms with Crippen LogP contribution in [0.25, 0.3) is 0 Å². The van der Waals surface area contributed by atoms with Crippen LogP contribution in [0.15, 0.2) is 46.0 Å². The van der Waals surface area contributed by atoms with E-state index in [-0.39, 0.29) is 16.8 Å². The summed E-state index contributed by atoms with van der Waals surface area (Å²) >= 11 is 3.07. The summed E-state index contributed by atoms with van der Waals surface area (Å²) < 4.78 is 0.347. The lowest BCUT2D eigenvalue weighted by Crippen LogP contribution is -2.17. The van der Waals surface area contributed by atoms with Crippen molar-refractivity contribution in [2.45, 2.75) is 0 Å². The van der Waals surface area contributed by atoms with Gasteiger partial charge < -0.3 is 5.11 Å². The van der Waals surface area contributed by atoms with E-state index in [1.165, 1.54) is 30.3 Å². The second kappa shape index (κ2) is 7.49. The number of aromatic hydroxyl groups is 1. The Balaban J connectivity index is 2.14. The number of nitrogens with zero attached hydrogens (tertiary/aromatic N) is 3. The number of carbonyl (C=O) groups is 1. The summed E-state index contributed by atoms with van der Waals surface area (Å²) in [7, 11) is 0. The minimum atomic E-state index is -0.757. The third-order valence-electron chi connectivity index (χ3n) is 2.99. The van der Waals surface area contributed by atoms with Crippen LogP contribution >= 0.6 is 15.9 Å². The highest BCUT2D eigenvalue weighted by Crippen LogP contribution is 2.32. The van der Waals surface area contributed by atoms with E-state index in [2.05, 4.69) is 26.5 Å². The number of halogens is 1. The number of nitro benzene ring substituents is 2. The highest BCUT2D eigenvalue weighted by atomic mass is 79.9. The van der Waals surface area contributed by atoms with Gasteiger partial charge >= 0.3 is 5.69 Å². The lowest BCUT2D eigenvalue weighted by Gasteiger charge is -2.02. The quantitative estimate of drug-likeness (QED) is 0.441. The summed E-state index contributed by atoms with van der Waals surface area (Å²) in [5, 5.41) is 34.8. The fourth-order valence-electron chi connectivity index (χ4n) is 1.80. The summed E-state index contributed by atoms with van der Waals surface area (Å²) in [5.74, 6) is -1.24. The van der Waals surface area contributed by atoms with Gasteiger partial charge in [0.15, 0.2) is 0 Å². The van der Waals surface area contributed by atoms with Gasteiger partial charge in [-0.15, -0.1) is 0 Å². The molecule has 0 aromatic heterocycles. The van der Waals surface area contributed by atoms with Gasteiger partial charge in [0, 0.05) is 33.8 Å². The van der Waals surface area contributed by atoms with E-state index in [1.54, 1.807) is 0 Å². The summed E-state index contributed by atoms with van der Waals surface area (Å²) in [4.78, 5) is 31.9. The zero-order valence-electron chi connectivity index (χ0n) is 12.2. The highest BCUT2D eigenvalue weighted by Gasteiger charge is 2.17. The van der Waals surface area contributed by atoms with Crippen LogP contribution in [-0.2, 0) is 0 Å². The zero-order chi connectivity index (χ0) is 18.6. The van der Waals surface area contributed by atoms with E-state index in [0.29, 0.717) is 4.47 Å². The number of nitrogens with one attached hydrogen (secondary N) is 1. The summed E-state index contributed by atoms with van der Waals surface area (Å²) in [6.07, 6.45) is 1.04. The molecule has 128 valence electrons. The molecule has 0 bridgehead atoms. The Kier molecular flexibility index (Phi) is 5.39. The van der Waals surface area contributed by atoms with Crippen molar-refractivity contribution in [2.75, 3.05) is 0 Å². The second-order valence-corrected chi connectivity index (χ2v) is 5.54. The molecule has 0 aliphatic rings. The normalized spacial score (nSPS) is 10.6. The van der Waals surface area contributed by atoms with Crippen molar-refractivity contribution in [3.63, 3.8) is 0 Å². The van der Waals surface area contributed by atoms with Crippen LogP contribution in [-0.4, -0.2) is 27.1 Å². The molecule has 0 spiro atoms. The molecule has 0 atom stereocenters. The van der Waals surface area contributed by atoms with E-state index < -0.39 is 27.2 Å². The van der Waals surface area contributed by atoms with Crippen LogP contribution in [0, 0.1) is 20.2 Å². The van der Waals surface area contributed by atoms with E-state index in [1.807, 2.05) is 0 Å². The number of hydrogen-bond acceptors (Lipinski definition) is 7. The Morgan fingerprint density at radius 2 is 1.80 bits per heavy atom. The minimum Gasteiger partial charge on any atom is -0.502 e. The predicted octanol–water partition coefficient (Wildman–Crippen LogP) is 2.74. The number of non-ortho nitro benzene ring substituents is 1. The number of hydrogen-bond donors (Lipinski definition) is 2. The van der Waals surface area contributed by atoms with Gasteiger partial charge in [-0.05, 0) is 18.2 Å². The van der Waals surface area contributed by atoms with Gasteiger partial charge in [0.05, 0.1) is 16.1 Å². The van der Waals surface area contributed by atoms with Gasteiger partial charge in [-0.1, -0.05) is 15.9 Å².